The van der Waals surface area contributed by atoms with E-state index in [0.717, 1.165) is 23.8 Å². The molecule has 0 atom stereocenters. The first-order valence-electron chi connectivity index (χ1n) is 8.80. The molecule has 3 rings (SSSR count). The van der Waals surface area contributed by atoms with Crippen molar-refractivity contribution in [3.63, 3.8) is 0 Å². The van der Waals surface area contributed by atoms with E-state index in [9.17, 15) is 13.2 Å². The number of piperazine rings is 1. The second-order valence-electron chi connectivity index (χ2n) is 6.48. The molecule has 28 heavy (non-hydrogen) atoms. The van der Waals surface area contributed by atoms with Gasteiger partial charge in [0.25, 0.3) is 0 Å². The topological polar surface area (TPSA) is 67.0 Å². The van der Waals surface area contributed by atoms with Gasteiger partial charge in [-0.1, -0.05) is 12.1 Å². The first-order chi connectivity index (χ1) is 13.3. The third kappa shape index (κ3) is 5.51. The summed E-state index contributed by atoms with van der Waals surface area (Å²) in [5.41, 5.74) is 7.49. The Labute approximate surface area is 165 Å². The number of aliphatic imine (C=N–C) groups is 1. The molecule has 0 radical (unpaired) electrons. The maximum absolute atomic E-state index is 12.5. The van der Waals surface area contributed by atoms with E-state index in [2.05, 4.69) is 14.9 Å². The molecule has 1 aromatic heterocycles. The van der Waals surface area contributed by atoms with Crippen molar-refractivity contribution in [3.05, 3.63) is 40.9 Å². The summed E-state index contributed by atoms with van der Waals surface area (Å²) in [6.07, 6.45) is -2.61. The number of hydrogen-bond acceptors (Lipinski definition) is 5. The van der Waals surface area contributed by atoms with Crippen LogP contribution in [0.1, 0.15) is 11.1 Å². The van der Waals surface area contributed by atoms with Crippen LogP contribution in [0.5, 0.6) is 5.75 Å². The van der Waals surface area contributed by atoms with Crippen molar-refractivity contribution in [2.24, 2.45) is 10.7 Å². The number of ether oxygens (including phenoxy) is 1. The van der Waals surface area contributed by atoms with Gasteiger partial charge in [0.05, 0.1) is 6.54 Å². The maximum Gasteiger partial charge on any atom is 0.422 e. The fourth-order valence-electron chi connectivity index (χ4n) is 2.85. The number of thiazole rings is 1. The molecule has 1 fully saturated rings. The summed E-state index contributed by atoms with van der Waals surface area (Å²) in [5, 5.41) is 2.93. The number of aromatic nitrogens is 1. The monoisotopic (exact) mass is 413 g/mol. The molecule has 0 bridgehead atoms. The Kier molecular flexibility index (Phi) is 6.28. The SMILES string of the molecule is Cc1ccc(CN=C(N)N2CCN(c3nccs3)CC2)c(OCC(F)(F)F)c1. The maximum atomic E-state index is 12.5. The number of hydrogen-bond donors (Lipinski definition) is 1. The highest BCUT2D eigenvalue weighted by atomic mass is 32.1. The summed E-state index contributed by atoms with van der Waals surface area (Å²) in [6.45, 7) is 3.61. The Balaban J connectivity index is 1.60. The van der Waals surface area contributed by atoms with Gasteiger partial charge in [-0.15, -0.1) is 11.3 Å². The minimum Gasteiger partial charge on any atom is -0.484 e. The van der Waals surface area contributed by atoms with Crippen LogP contribution in [0.25, 0.3) is 0 Å². The largest absolute Gasteiger partial charge is 0.484 e. The molecule has 0 amide bonds. The Hall–Kier alpha value is -2.49. The summed E-state index contributed by atoms with van der Waals surface area (Å²) in [4.78, 5) is 12.8. The molecule has 2 aromatic rings. The number of nitrogens with two attached hydrogens (primary N) is 1. The fraction of sp³-hybridized carbons (Fsp3) is 0.444. The van der Waals surface area contributed by atoms with E-state index in [1.165, 1.54) is 0 Å². The lowest BCUT2D eigenvalue weighted by Crippen LogP contribution is -2.51. The summed E-state index contributed by atoms with van der Waals surface area (Å²) >= 11 is 1.60. The lowest BCUT2D eigenvalue weighted by molar-refractivity contribution is -0.153. The van der Waals surface area contributed by atoms with Gasteiger partial charge in [-0.3, -0.25) is 0 Å². The number of nitrogens with zero attached hydrogens (tertiary/aromatic N) is 4. The minimum atomic E-state index is -4.39. The van der Waals surface area contributed by atoms with Crippen LogP contribution in [-0.2, 0) is 6.54 Å². The average molecular weight is 413 g/mol. The molecular formula is C18H22F3N5OS. The third-order valence-corrected chi connectivity index (χ3v) is 5.15. The van der Waals surface area contributed by atoms with Gasteiger partial charge in [0.2, 0.25) is 0 Å². The van der Waals surface area contributed by atoms with Crippen molar-refractivity contribution < 1.29 is 17.9 Å². The Bertz CT molecular complexity index is 802. The molecule has 0 unspecified atom stereocenters. The zero-order chi connectivity index (χ0) is 20.1. The lowest BCUT2D eigenvalue weighted by Gasteiger charge is -2.35. The third-order valence-electron chi connectivity index (χ3n) is 4.32. The van der Waals surface area contributed by atoms with Gasteiger partial charge >= 0.3 is 6.18 Å². The second kappa shape index (κ2) is 8.68. The van der Waals surface area contributed by atoms with E-state index in [1.807, 2.05) is 16.3 Å². The Morgan fingerprint density at radius 3 is 2.68 bits per heavy atom. The highest BCUT2D eigenvalue weighted by Crippen LogP contribution is 2.24. The number of halogens is 3. The highest BCUT2D eigenvalue weighted by molar-refractivity contribution is 7.13. The standard InChI is InChI=1S/C18H22F3N5OS/c1-13-2-3-14(15(10-13)27-12-18(19,20)21)11-24-16(22)25-5-7-26(8-6-25)17-23-4-9-28-17/h2-4,9-10H,5-8,11-12H2,1H3,(H2,22,24). The second-order valence-corrected chi connectivity index (χ2v) is 7.35. The van der Waals surface area contributed by atoms with Crippen LogP contribution >= 0.6 is 11.3 Å². The van der Waals surface area contributed by atoms with Crippen LogP contribution in [0.15, 0.2) is 34.8 Å². The van der Waals surface area contributed by atoms with Gasteiger partial charge in [-0.25, -0.2) is 9.98 Å². The van der Waals surface area contributed by atoms with Crippen LogP contribution in [0.4, 0.5) is 18.3 Å². The molecule has 1 saturated heterocycles. The van der Waals surface area contributed by atoms with Crippen molar-refractivity contribution >= 4 is 22.4 Å². The molecule has 1 aliphatic rings. The zero-order valence-corrected chi connectivity index (χ0v) is 16.3. The van der Waals surface area contributed by atoms with Gasteiger partial charge in [0.15, 0.2) is 17.7 Å². The van der Waals surface area contributed by atoms with Crippen molar-refractivity contribution in [3.8, 4) is 5.75 Å². The fourth-order valence-corrected chi connectivity index (χ4v) is 3.55. The molecule has 152 valence electrons. The number of anilines is 1. The molecule has 0 saturated carbocycles. The molecule has 2 N–H and O–H groups in total. The number of rotatable bonds is 5. The van der Waals surface area contributed by atoms with Crippen LogP contribution < -0.4 is 15.4 Å². The zero-order valence-electron chi connectivity index (χ0n) is 15.4. The van der Waals surface area contributed by atoms with E-state index in [-0.39, 0.29) is 12.3 Å². The predicted octanol–water partition coefficient (Wildman–Crippen LogP) is 3.03. The molecule has 0 aliphatic carbocycles. The smallest absolute Gasteiger partial charge is 0.422 e. The van der Waals surface area contributed by atoms with Gasteiger partial charge in [-0.05, 0) is 18.6 Å². The summed E-state index contributed by atoms with van der Waals surface area (Å²) in [5.74, 6) is 0.559. The van der Waals surface area contributed by atoms with E-state index in [4.69, 9.17) is 10.5 Å². The first kappa shape index (κ1) is 20.2. The molecular weight excluding hydrogens is 391 g/mol. The number of aryl methyl sites for hydroxylation is 1. The first-order valence-corrected chi connectivity index (χ1v) is 9.68. The van der Waals surface area contributed by atoms with Crippen molar-refractivity contribution in [2.75, 3.05) is 37.7 Å². The van der Waals surface area contributed by atoms with E-state index < -0.39 is 12.8 Å². The van der Waals surface area contributed by atoms with Gasteiger partial charge in [0.1, 0.15) is 5.75 Å². The quantitative estimate of drug-likeness (QED) is 0.603. The number of guanidine groups is 1. The van der Waals surface area contributed by atoms with Crippen LogP contribution in [-0.4, -0.2) is 54.8 Å². The summed E-state index contributed by atoms with van der Waals surface area (Å²) in [7, 11) is 0. The molecule has 1 aliphatic heterocycles. The minimum absolute atomic E-state index is 0.159. The van der Waals surface area contributed by atoms with Gasteiger partial charge < -0.3 is 20.3 Å². The van der Waals surface area contributed by atoms with E-state index in [1.54, 1.807) is 36.6 Å². The predicted molar refractivity (Wildman–Crippen MR) is 104 cm³/mol. The van der Waals surface area contributed by atoms with Gasteiger partial charge in [0, 0.05) is 43.3 Å². The molecule has 6 nitrogen and oxygen atoms in total. The normalized spacial score (nSPS) is 15.8. The molecule has 1 aromatic carbocycles. The van der Waals surface area contributed by atoms with Crippen LogP contribution in [0.3, 0.4) is 0 Å². The molecule has 10 heteroatoms. The van der Waals surface area contributed by atoms with Gasteiger partial charge in [-0.2, -0.15) is 13.2 Å². The van der Waals surface area contributed by atoms with Crippen LogP contribution in [0, 0.1) is 6.92 Å². The van der Waals surface area contributed by atoms with E-state index >= 15 is 0 Å². The number of benzene rings is 1. The lowest BCUT2D eigenvalue weighted by atomic mass is 10.1. The molecule has 2 heterocycles. The van der Waals surface area contributed by atoms with Crippen molar-refractivity contribution in [1.82, 2.24) is 9.88 Å². The van der Waals surface area contributed by atoms with E-state index in [0.29, 0.717) is 24.6 Å². The number of alkyl halides is 3. The van der Waals surface area contributed by atoms with Crippen LogP contribution in [0.2, 0.25) is 0 Å². The van der Waals surface area contributed by atoms with Crippen molar-refractivity contribution in [1.29, 1.82) is 0 Å². The summed E-state index contributed by atoms with van der Waals surface area (Å²) < 4.78 is 42.4. The summed E-state index contributed by atoms with van der Waals surface area (Å²) in [6, 6.07) is 5.12. The molecule has 0 spiro atoms. The highest BCUT2D eigenvalue weighted by Gasteiger charge is 2.29. The Morgan fingerprint density at radius 1 is 1.29 bits per heavy atom. The average Bonchev–Trinajstić information content (AvgIpc) is 3.19. The van der Waals surface area contributed by atoms with Crippen molar-refractivity contribution in [2.45, 2.75) is 19.6 Å². The Morgan fingerprint density at radius 2 is 2.04 bits per heavy atom.